The van der Waals surface area contributed by atoms with Crippen LogP contribution in [0.15, 0.2) is 22.7 Å². The van der Waals surface area contributed by atoms with Gasteiger partial charge < -0.3 is 5.32 Å². The SMILES string of the molecule is CNc1nnc(-c2cccc(F)c2Br)n1C. The molecule has 2 aromatic rings. The summed E-state index contributed by atoms with van der Waals surface area (Å²) in [6, 6.07) is 4.82. The average molecular weight is 285 g/mol. The molecule has 0 aliphatic heterocycles. The van der Waals surface area contributed by atoms with Gasteiger partial charge >= 0.3 is 0 Å². The number of benzene rings is 1. The van der Waals surface area contributed by atoms with Crippen molar-refractivity contribution < 1.29 is 4.39 Å². The second-order valence-electron chi connectivity index (χ2n) is 3.26. The van der Waals surface area contributed by atoms with Crippen molar-refractivity contribution in [3.63, 3.8) is 0 Å². The summed E-state index contributed by atoms with van der Waals surface area (Å²) in [5.74, 6) is 0.924. The maximum atomic E-state index is 13.4. The van der Waals surface area contributed by atoms with E-state index < -0.39 is 0 Å². The van der Waals surface area contributed by atoms with Crippen LogP contribution >= 0.6 is 15.9 Å². The first-order valence-corrected chi connectivity index (χ1v) is 5.46. The van der Waals surface area contributed by atoms with Crippen molar-refractivity contribution in [2.45, 2.75) is 0 Å². The second-order valence-corrected chi connectivity index (χ2v) is 4.05. The minimum Gasteiger partial charge on any atom is -0.357 e. The molecule has 0 aliphatic carbocycles. The van der Waals surface area contributed by atoms with Gasteiger partial charge in [-0.15, -0.1) is 10.2 Å². The number of anilines is 1. The Bertz CT molecular complexity index is 524. The molecule has 0 fully saturated rings. The minimum absolute atomic E-state index is 0.313. The molecular formula is C10H10BrFN4. The standard InChI is InChI=1S/C10H10BrFN4/c1-13-10-15-14-9(16(10)2)6-4-3-5-7(12)8(6)11/h3-5H,1-2H3,(H,13,15). The molecule has 4 nitrogen and oxygen atoms in total. The zero-order chi connectivity index (χ0) is 11.7. The first-order chi connectivity index (χ1) is 7.65. The molecule has 0 bridgehead atoms. The van der Waals surface area contributed by atoms with Crippen molar-refractivity contribution in [1.82, 2.24) is 14.8 Å². The number of hydrogen-bond acceptors (Lipinski definition) is 3. The highest BCUT2D eigenvalue weighted by molar-refractivity contribution is 9.10. The lowest BCUT2D eigenvalue weighted by molar-refractivity contribution is 0.621. The molecule has 0 saturated heterocycles. The van der Waals surface area contributed by atoms with Crippen LogP contribution in [0.25, 0.3) is 11.4 Å². The summed E-state index contributed by atoms with van der Waals surface area (Å²) >= 11 is 3.21. The van der Waals surface area contributed by atoms with E-state index in [4.69, 9.17) is 0 Å². The van der Waals surface area contributed by atoms with Crippen LogP contribution < -0.4 is 5.32 Å². The number of halogens is 2. The van der Waals surface area contributed by atoms with E-state index in [9.17, 15) is 4.39 Å². The quantitative estimate of drug-likeness (QED) is 0.921. The summed E-state index contributed by atoms with van der Waals surface area (Å²) in [5.41, 5.74) is 0.677. The van der Waals surface area contributed by atoms with Gasteiger partial charge in [-0.05, 0) is 28.1 Å². The molecule has 1 N–H and O–H groups in total. The van der Waals surface area contributed by atoms with Gasteiger partial charge in [0.1, 0.15) is 5.82 Å². The van der Waals surface area contributed by atoms with Gasteiger partial charge in [-0.1, -0.05) is 6.07 Å². The van der Waals surface area contributed by atoms with Gasteiger partial charge in [0.05, 0.1) is 4.47 Å². The first-order valence-electron chi connectivity index (χ1n) is 4.66. The van der Waals surface area contributed by atoms with E-state index in [2.05, 4.69) is 31.4 Å². The molecule has 0 saturated carbocycles. The fourth-order valence-electron chi connectivity index (χ4n) is 1.46. The molecule has 6 heteroatoms. The molecule has 0 atom stereocenters. The second kappa shape index (κ2) is 4.21. The Morgan fingerprint density at radius 1 is 1.38 bits per heavy atom. The Labute approximate surface area is 101 Å². The van der Waals surface area contributed by atoms with Crippen LogP contribution in [0.3, 0.4) is 0 Å². The molecular weight excluding hydrogens is 275 g/mol. The van der Waals surface area contributed by atoms with E-state index in [1.54, 1.807) is 23.7 Å². The summed E-state index contributed by atoms with van der Waals surface area (Å²) in [6.45, 7) is 0. The summed E-state index contributed by atoms with van der Waals surface area (Å²) < 4.78 is 15.5. The normalized spacial score (nSPS) is 10.5. The summed E-state index contributed by atoms with van der Waals surface area (Å²) in [5, 5.41) is 10.9. The zero-order valence-electron chi connectivity index (χ0n) is 8.83. The zero-order valence-corrected chi connectivity index (χ0v) is 10.4. The van der Waals surface area contributed by atoms with Gasteiger partial charge in [0, 0.05) is 19.7 Å². The highest BCUT2D eigenvalue weighted by Crippen LogP contribution is 2.29. The topological polar surface area (TPSA) is 42.7 Å². The number of hydrogen-bond donors (Lipinski definition) is 1. The maximum absolute atomic E-state index is 13.4. The third kappa shape index (κ3) is 1.69. The molecule has 0 aliphatic rings. The average Bonchev–Trinajstić information content (AvgIpc) is 2.64. The molecule has 16 heavy (non-hydrogen) atoms. The third-order valence-electron chi connectivity index (χ3n) is 2.29. The first kappa shape index (κ1) is 11.1. The lowest BCUT2D eigenvalue weighted by Crippen LogP contribution is -2.00. The Morgan fingerprint density at radius 3 is 2.75 bits per heavy atom. The van der Waals surface area contributed by atoms with E-state index in [0.29, 0.717) is 21.8 Å². The largest absolute Gasteiger partial charge is 0.357 e. The molecule has 0 spiro atoms. The maximum Gasteiger partial charge on any atom is 0.224 e. The van der Waals surface area contributed by atoms with Crippen LogP contribution in [0.2, 0.25) is 0 Å². The molecule has 0 unspecified atom stereocenters. The minimum atomic E-state index is -0.313. The number of nitrogens with one attached hydrogen (secondary N) is 1. The summed E-state index contributed by atoms with van der Waals surface area (Å²) in [6.07, 6.45) is 0. The van der Waals surface area contributed by atoms with Crippen molar-refractivity contribution in [3.8, 4) is 11.4 Å². The van der Waals surface area contributed by atoms with Gasteiger partial charge in [0.2, 0.25) is 5.95 Å². The van der Waals surface area contributed by atoms with Crippen molar-refractivity contribution >= 4 is 21.9 Å². The Hall–Kier alpha value is -1.43. The number of rotatable bonds is 2. The Balaban J connectivity index is 2.59. The van der Waals surface area contributed by atoms with E-state index in [0.717, 1.165) is 0 Å². The van der Waals surface area contributed by atoms with Gasteiger partial charge in [-0.3, -0.25) is 4.57 Å². The predicted molar refractivity (Wildman–Crippen MR) is 63.6 cm³/mol. The van der Waals surface area contributed by atoms with E-state index in [1.807, 2.05) is 7.05 Å². The highest BCUT2D eigenvalue weighted by Gasteiger charge is 2.14. The number of aromatic nitrogens is 3. The smallest absolute Gasteiger partial charge is 0.224 e. The van der Waals surface area contributed by atoms with Crippen LogP contribution in [-0.2, 0) is 7.05 Å². The van der Waals surface area contributed by atoms with Gasteiger partial charge in [-0.25, -0.2) is 4.39 Å². The monoisotopic (exact) mass is 284 g/mol. The number of nitrogens with zero attached hydrogens (tertiary/aromatic N) is 3. The predicted octanol–water partition coefficient (Wildman–Crippen LogP) is 2.43. The lowest BCUT2D eigenvalue weighted by Gasteiger charge is -2.05. The summed E-state index contributed by atoms with van der Waals surface area (Å²) in [4.78, 5) is 0. The van der Waals surface area contributed by atoms with Crippen LogP contribution in [-0.4, -0.2) is 21.8 Å². The van der Waals surface area contributed by atoms with Crippen LogP contribution in [0, 0.1) is 5.82 Å². The highest BCUT2D eigenvalue weighted by atomic mass is 79.9. The Kier molecular flexibility index (Phi) is 2.91. The fourth-order valence-corrected chi connectivity index (χ4v) is 1.90. The van der Waals surface area contributed by atoms with Gasteiger partial charge in [0.25, 0.3) is 0 Å². The Morgan fingerprint density at radius 2 is 2.12 bits per heavy atom. The molecule has 0 radical (unpaired) electrons. The fraction of sp³-hybridized carbons (Fsp3) is 0.200. The molecule has 1 heterocycles. The van der Waals surface area contributed by atoms with Crippen molar-refractivity contribution in [2.75, 3.05) is 12.4 Å². The van der Waals surface area contributed by atoms with Crippen molar-refractivity contribution in [3.05, 3.63) is 28.5 Å². The van der Waals surface area contributed by atoms with Crippen molar-refractivity contribution in [1.29, 1.82) is 0 Å². The lowest BCUT2D eigenvalue weighted by atomic mass is 10.2. The molecule has 0 amide bonds. The van der Waals surface area contributed by atoms with E-state index in [1.165, 1.54) is 6.07 Å². The van der Waals surface area contributed by atoms with Crippen LogP contribution in [0.1, 0.15) is 0 Å². The molecule has 1 aromatic heterocycles. The van der Waals surface area contributed by atoms with Gasteiger partial charge in [-0.2, -0.15) is 0 Å². The van der Waals surface area contributed by atoms with Crippen molar-refractivity contribution in [2.24, 2.45) is 7.05 Å². The van der Waals surface area contributed by atoms with Crippen LogP contribution in [0.4, 0.5) is 10.3 Å². The third-order valence-corrected chi connectivity index (χ3v) is 3.10. The summed E-state index contributed by atoms with van der Waals surface area (Å²) in [7, 11) is 3.58. The van der Waals surface area contributed by atoms with Crippen LogP contribution in [0.5, 0.6) is 0 Å². The molecule has 1 aromatic carbocycles. The molecule has 84 valence electrons. The van der Waals surface area contributed by atoms with Gasteiger partial charge in [0.15, 0.2) is 5.82 Å². The van der Waals surface area contributed by atoms with E-state index in [-0.39, 0.29) is 5.82 Å². The van der Waals surface area contributed by atoms with E-state index >= 15 is 0 Å². The molecule has 2 rings (SSSR count).